The van der Waals surface area contributed by atoms with Gasteiger partial charge in [-0.2, -0.15) is 0 Å². The van der Waals surface area contributed by atoms with Gasteiger partial charge in [-0.1, -0.05) is 35.9 Å². The molecule has 0 N–H and O–H groups in total. The number of anilines is 1. The third-order valence-corrected chi connectivity index (χ3v) is 7.52. The van der Waals surface area contributed by atoms with Crippen molar-refractivity contribution in [1.82, 2.24) is 4.98 Å². The average molecular weight is 431 g/mol. The van der Waals surface area contributed by atoms with Crippen LogP contribution >= 0.6 is 0 Å². The lowest BCUT2D eigenvalue weighted by Crippen LogP contribution is -2.31. The highest BCUT2D eigenvalue weighted by Gasteiger charge is 2.26. The molecule has 0 spiro atoms. The van der Waals surface area contributed by atoms with E-state index in [4.69, 9.17) is 4.98 Å². The van der Waals surface area contributed by atoms with E-state index >= 15 is 0 Å². The van der Waals surface area contributed by atoms with E-state index in [0.717, 1.165) is 55.6 Å². The van der Waals surface area contributed by atoms with Gasteiger partial charge in [0.05, 0.1) is 10.6 Å². The second-order valence-electron chi connectivity index (χ2n) is 8.40. The summed E-state index contributed by atoms with van der Waals surface area (Å²) in [7, 11) is -3.23. The number of aromatic nitrogens is 1. The molecule has 1 aromatic heterocycles. The fourth-order valence-electron chi connectivity index (χ4n) is 4.80. The van der Waals surface area contributed by atoms with E-state index in [1.165, 1.54) is 28.7 Å². The lowest BCUT2D eigenvalue weighted by atomic mass is 9.88. The molecule has 4 nitrogen and oxygen atoms in total. The van der Waals surface area contributed by atoms with Gasteiger partial charge in [0, 0.05) is 36.8 Å². The van der Waals surface area contributed by atoms with Crippen LogP contribution in [0.25, 0.3) is 5.57 Å². The monoisotopic (exact) mass is 430 g/mol. The van der Waals surface area contributed by atoms with Crippen molar-refractivity contribution >= 4 is 21.1 Å². The number of hydrogen-bond acceptors (Lipinski definition) is 4. The first-order valence-corrected chi connectivity index (χ1v) is 12.7. The molecule has 1 aliphatic carbocycles. The van der Waals surface area contributed by atoms with Crippen molar-refractivity contribution in [3.05, 3.63) is 94.8 Å². The van der Waals surface area contributed by atoms with Crippen molar-refractivity contribution in [3.8, 4) is 0 Å². The summed E-state index contributed by atoms with van der Waals surface area (Å²) in [6.07, 6.45) is 6.80. The van der Waals surface area contributed by atoms with E-state index in [0.29, 0.717) is 4.90 Å². The maximum absolute atomic E-state index is 12.1. The van der Waals surface area contributed by atoms with Crippen LogP contribution in [0.5, 0.6) is 0 Å². The normalized spacial score (nSPS) is 16.5. The molecule has 0 amide bonds. The van der Waals surface area contributed by atoms with E-state index in [1.807, 2.05) is 24.4 Å². The summed E-state index contributed by atoms with van der Waals surface area (Å²) in [5, 5.41) is 0. The van der Waals surface area contributed by atoms with Gasteiger partial charge in [-0.3, -0.25) is 4.98 Å². The van der Waals surface area contributed by atoms with Gasteiger partial charge in [0.15, 0.2) is 9.84 Å². The lowest BCUT2D eigenvalue weighted by molar-refractivity contribution is 0.601. The van der Waals surface area contributed by atoms with Crippen LogP contribution in [0, 0.1) is 0 Å². The Morgan fingerprint density at radius 3 is 2.32 bits per heavy atom. The van der Waals surface area contributed by atoms with E-state index in [-0.39, 0.29) is 0 Å². The number of rotatable bonds is 2. The Balaban J connectivity index is 1.59. The summed E-state index contributed by atoms with van der Waals surface area (Å²) in [6.45, 7) is 1.95. The highest BCUT2D eigenvalue weighted by atomic mass is 32.2. The van der Waals surface area contributed by atoms with Crippen molar-refractivity contribution in [3.63, 3.8) is 0 Å². The third kappa shape index (κ3) is 3.90. The fourth-order valence-corrected chi connectivity index (χ4v) is 5.47. The molecule has 5 heteroatoms. The predicted molar refractivity (Wildman–Crippen MR) is 125 cm³/mol. The van der Waals surface area contributed by atoms with Crippen molar-refractivity contribution in [2.24, 2.45) is 0 Å². The van der Waals surface area contributed by atoms with Crippen molar-refractivity contribution in [1.29, 1.82) is 0 Å². The number of aryl methyl sites for hydroxylation is 2. The topological polar surface area (TPSA) is 50.3 Å². The van der Waals surface area contributed by atoms with Crippen LogP contribution in [0.2, 0.25) is 0 Å². The minimum atomic E-state index is -3.23. The molecule has 0 radical (unpaired) electrons. The molecular weight excluding hydrogens is 404 g/mol. The van der Waals surface area contributed by atoms with Crippen LogP contribution in [-0.4, -0.2) is 32.7 Å². The van der Waals surface area contributed by atoms with Crippen LogP contribution < -0.4 is 4.90 Å². The highest BCUT2D eigenvalue weighted by Crippen LogP contribution is 2.38. The van der Waals surface area contributed by atoms with E-state index < -0.39 is 9.84 Å². The van der Waals surface area contributed by atoms with Crippen molar-refractivity contribution in [2.75, 3.05) is 24.2 Å². The highest BCUT2D eigenvalue weighted by molar-refractivity contribution is 7.90. The molecule has 158 valence electrons. The Morgan fingerprint density at radius 2 is 1.58 bits per heavy atom. The molecule has 1 saturated heterocycles. The maximum Gasteiger partial charge on any atom is 0.175 e. The smallest absolute Gasteiger partial charge is 0.175 e. The largest absolute Gasteiger partial charge is 0.371 e. The molecule has 3 aromatic rings. The summed E-state index contributed by atoms with van der Waals surface area (Å²) in [6, 6.07) is 20.3. The summed E-state index contributed by atoms with van der Waals surface area (Å²) >= 11 is 0. The summed E-state index contributed by atoms with van der Waals surface area (Å²) in [5.74, 6) is 0. The first-order valence-electron chi connectivity index (χ1n) is 10.8. The van der Waals surface area contributed by atoms with Crippen LogP contribution in [0.3, 0.4) is 0 Å². The zero-order valence-electron chi connectivity index (χ0n) is 17.7. The Kier molecular flexibility index (Phi) is 5.14. The summed E-state index contributed by atoms with van der Waals surface area (Å²) < 4.78 is 24.3. The number of pyridine rings is 1. The zero-order chi connectivity index (χ0) is 21.4. The molecule has 2 aliphatic rings. The van der Waals surface area contributed by atoms with Gasteiger partial charge in [-0.25, -0.2) is 8.42 Å². The number of fused-ring (bicyclic) bond motifs is 2. The number of hydrogen-bond donors (Lipinski definition) is 0. The quantitative estimate of drug-likeness (QED) is 0.592. The lowest BCUT2D eigenvalue weighted by Gasteiger charge is -2.32. The third-order valence-electron chi connectivity index (χ3n) is 6.41. The van der Waals surface area contributed by atoms with E-state index in [1.54, 1.807) is 6.07 Å². The first kappa shape index (κ1) is 20.0. The molecule has 1 fully saturated rings. The minimum Gasteiger partial charge on any atom is -0.371 e. The second kappa shape index (κ2) is 7.97. The van der Waals surface area contributed by atoms with Crippen molar-refractivity contribution < 1.29 is 8.42 Å². The van der Waals surface area contributed by atoms with Gasteiger partial charge in [0.25, 0.3) is 0 Å². The van der Waals surface area contributed by atoms with Crippen LogP contribution in [-0.2, 0) is 22.7 Å². The Labute approximate surface area is 184 Å². The number of nitrogens with zero attached hydrogens (tertiary/aromatic N) is 2. The number of benzene rings is 2. The van der Waals surface area contributed by atoms with Gasteiger partial charge in [-0.15, -0.1) is 0 Å². The molecule has 0 unspecified atom stereocenters. The van der Waals surface area contributed by atoms with E-state index in [2.05, 4.69) is 41.3 Å². The molecule has 2 aromatic carbocycles. The van der Waals surface area contributed by atoms with Gasteiger partial charge in [0.1, 0.15) is 0 Å². The standard InChI is InChI=1S/C26H26N2O2S/c1-31(29,30)23-11-12-24-21(18-23)10-9-20-6-5-15-27-26(20)25(24)19-13-16-28(17-14-19)22-7-3-2-4-8-22/h2-8,11-12,15,18H,9-10,13-14,16-17H2,1H3. The summed E-state index contributed by atoms with van der Waals surface area (Å²) in [5.41, 5.74) is 8.47. The number of piperidine rings is 1. The fraction of sp³-hybridized carbons (Fsp3) is 0.269. The maximum atomic E-state index is 12.1. The molecule has 31 heavy (non-hydrogen) atoms. The molecule has 0 saturated carbocycles. The SMILES string of the molecule is CS(=O)(=O)c1ccc2c(c1)CCc1cccnc1C2=C1CCN(c2ccccc2)CC1. The number of sulfone groups is 1. The molecule has 0 atom stereocenters. The molecular formula is C26H26N2O2S. The average Bonchev–Trinajstić information content (AvgIpc) is 2.96. The van der Waals surface area contributed by atoms with E-state index in [9.17, 15) is 8.42 Å². The van der Waals surface area contributed by atoms with Crippen molar-refractivity contribution in [2.45, 2.75) is 30.6 Å². The van der Waals surface area contributed by atoms with Crippen LogP contribution in [0.1, 0.15) is 35.2 Å². The number of para-hydroxylation sites is 1. The van der Waals surface area contributed by atoms with Gasteiger partial charge < -0.3 is 4.90 Å². The molecule has 2 heterocycles. The Morgan fingerprint density at radius 1 is 0.839 bits per heavy atom. The predicted octanol–water partition coefficient (Wildman–Crippen LogP) is 4.69. The molecule has 0 bridgehead atoms. The minimum absolute atomic E-state index is 0.397. The Hall–Kier alpha value is -2.92. The van der Waals surface area contributed by atoms with Crippen LogP contribution in [0.4, 0.5) is 5.69 Å². The van der Waals surface area contributed by atoms with Gasteiger partial charge >= 0.3 is 0 Å². The zero-order valence-corrected chi connectivity index (χ0v) is 18.5. The molecule has 5 rings (SSSR count). The van der Waals surface area contributed by atoms with Crippen LogP contribution in [0.15, 0.2) is 77.3 Å². The second-order valence-corrected chi connectivity index (χ2v) is 10.4. The Bertz CT molecular complexity index is 1250. The summed E-state index contributed by atoms with van der Waals surface area (Å²) in [4.78, 5) is 7.63. The first-order chi connectivity index (χ1) is 15.0. The molecule has 1 aliphatic heterocycles. The van der Waals surface area contributed by atoms with Gasteiger partial charge in [-0.05, 0) is 72.7 Å². The van der Waals surface area contributed by atoms with Gasteiger partial charge in [0.2, 0.25) is 0 Å².